The molecule has 1 saturated heterocycles. The Morgan fingerprint density at radius 2 is 1.87 bits per heavy atom. The molecule has 0 radical (unpaired) electrons. The van der Waals surface area contributed by atoms with Crippen molar-refractivity contribution in [3.63, 3.8) is 0 Å². The molecule has 0 aromatic carbocycles. The Morgan fingerprint density at radius 1 is 1.11 bits per heavy atom. The molecule has 0 amide bonds. The van der Waals surface area contributed by atoms with Crippen LogP contribution in [-0.2, 0) is 9.84 Å². The fourth-order valence-corrected chi connectivity index (χ4v) is 6.48. The highest BCUT2D eigenvalue weighted by Crippen LogP contribution is 2.38. The number of H-pyrrole nitrogens is 1. The smallest absolute Gasteiger partial charge is 0.158 e. The van der Waals surface area contributed by atoms with Crippen LogP contribution in [0.25, 0.3) is 27.9 Å². The zero-order valence-electron chi connectivity index (χ0n) is 23.5. The lowest BCUT2D eigenvalue weighted by Crippen LogP contribution is -2.57. The van der Waals surface area contributed by atoms with E-state index >= 15 is 0 Å². The van der Waals surface area contributed by atoms with Crippen LogP contribution in [0.5, 0.6) is 0 Å². The van der Waals surface area contributed by atoms with Crippen molar-refractivity contribution >= 4 is 32.3 Å². The van der Waals surface area contributed by atoms with Gasteiger partial charge in [0.1, 0.15) is 22.0 Å². The molecule has 5 heterocycles. The van der Waals surface area contributed by atoms with Gasteiger partial charge in [0.05, 0.1) is 22.5 Å². The molecule has 4 aromatic rings. The summed E-state index contributed by atoms with van der Waals surface area (Å²) in [5.41, 5.74) is 8.66. The predicted molar refractivity (Wildman–Crippen MR) is 154 cm³/mol. The number of nitrogens with zero attached hydrogens (tertiary/aromatic N) is 6. The molecule has 1 unspecified atom stereocenters. The van der Waals surface area contributed by atoms with Crippen molar-refractivity contribution in [3.8, 4) is 11.3 Å². The van der Waals surface area contributed by atoms with E-state index in [1.807, 2.05) is 4.52 Å². The third-order valence-electron chi connectivity index (χ3n) is 8.01. The van der Waals surface area contributed by atoms with Crippen molar-refractivity contribution in [2.45, 2.75) is 66.0 Å². The second-order valence-corrected chi connectivity index (χ2v) is 13.5. The van der Waals surface area contributed by atoms with Crippen LogP contribution in [0.2, 0.25) is 0 Å². The van der Waals surface area contributed by atoms with Gasteiger partial charge in [-0.05, 0) is 69.8 Å². The highest BCUT2D eigenvalue weighted by atomic mass is 32.2. The summed E-state index contributed by atoms with van der Waals surface area (Å²) in [5, 5.41) is 4.40. The summed E-state index contributed by atoms with van der Waals surface area (Å²) in [4.78, 5) is 18.1. The monoisotopic (exact) mass is 537 g/mol. The van der Waals surface area contributed by atoms with Crippen molar-refractivity contribution in [1.29, 1.82) is 0 Å². The molecule has 5 rings (SSSR count). The molecule has 1 aliphatic heterocycles. The summed E-state index contributed by atoms with van der Waals surface area (Å²) in [5.74, 6) is 1.50. The maximum atomic E-state index is 11.6. The maximum Gasteiger partial charge on any atom is 0.158 e. The second-order valence-electron chi connectivity index (χ2n) is 11.3. The average molecular weight is 538 g/mol. The molecule has 0 aliphatic carbocycles. The van der Waals surface area contributed by atoms with Crippen LogP contribution in [0.15, 0.2) is 24.7 Å². The third kappa shape index (κ3) is 4.91. The zero-order chi connectivity index (χ0) is 27.4. The van der Waals surface area contributed by atoms with Gasteiger partial charge < -0.3 is 9.88 Å². The number of anilines is 1. The van der Waals surface area contributed by atoms with Crippen molar-refractivity contribution in [2.75, 3.05) is 36.5 Å². The quantitative estimate of drug-likeness (QED) is 0.374. The first kappa shape index (κ1) is 26.6. The molecule has 1 fully saturated rings. The molecular formula is C28H39N7O2S. The van der Waals surface area contributed by atoms with Crippen LogP contribution in [0.1, 0.15) is 56.7 Å². The Bertz CT molecular complexity index is 1590. The highest BCUT2D eigenvalue weighted by Gasteiger charge is 2.30. The second kappa shape index (κ2) is 9.96. The Morgan fingerprint density at radius 3 is 2.58 bits per heavy atom. The van der Waals surface area contributed by atoms with Gasteiger partial charge in [0, 0.05) is 48.8 Å². The summed E-state index contributed by atoms with van der Waals surface area (Å²) in [6.07, 6.45) is 5.64. The molecule has 204 valence electrons. The van der Waals surface area contributed by atoms with Gasteiger partial charge in [0.2, 0.25) is 0 Å². The Balaban J connectivity index is 1.48. The standard InChI is InChI=1S/C28H39N7O2S/c1-17(2)25-26(22-15-35-28(29-16-30-35)21(6)20(22)5)31-23-9-10-24(32-27(23)25)34-14-18(3)33(13-19(34)4)11-8-12-38(7,36)37/h9-10,15-19,31H,8,11-14H2,1-7H3/t18?,19-/m0/s1. The number of pyridine rings is 2. The number of hydrogen-bond acceptors (Lipinski definition) is 7. The molecule has 4 aromatic heterocycles. The number of aryl methyl sites for hydroxylation is 1. The van der Waals surface area contributed by atoms with E-state index in [9.17, 15) is 8.42 Å². The number of aromatic amines is 1. The van der Waals surface area contributed by atoms with E-state index in [4.69, 9.17) is 4.98 Å². The Labute approximate surface area is 225 Å². The number of rotatable bonds is 7. The van der Waals surface area contributed by atoms with Crippen LogP contribution < -0.4 is 4.90 Å². The van der Waals surface area contributed by atoms with E-state index < -0.39 is 9.84 Å². The SMILES string of the molecule is Cc1c(-c2[nH]c3ccc(N4CC(C)N(CCCS(C)(=O)=O)C[C@@H]4C)nc3c2C(C)C)cn2ncnc2c1C. The predicted octanol–water partition coefficient (Wildman–Crippen LogP) is 4.35. The molecule has 0 spiro atoms. The lowest BCUT2D eigenvalue weighted by Gasteiger charge is -2.44. The molecule has 2 atom stereocenters. The minimum atomic E-state index is -2.93. The van der Waals surface area contributed by atoms with Crippen molar-refractivity contribution < 1.29 is 8.42 Å². The van der Waals surface area contributed by atoms with Gasteiger partial charge in [0.25, 0.3) is 0 Å². The summed E-state index contributed by atoms with van der Waals surface area (Å²) in [6, 6.07) is 4.86. The van der Waals surface area contributed by atoms with Crippen molar-refractivity contribution in [1.82, 2.24) is 29.5 Å². The van der Waals surface area contributed by atoms with Crippen LogP contribution in [0.4, 0.5) is 5.82 Å². The largest absolute Gasteiger partial charge is 0.353 e. The first-order valence-electron chi connectivity index (χ1n) is 13.5. The number of nitrogens with one attached hydrogen (secondary N) is 1. The number of piperazine rings is 1. The van der Waals surface area contributed by atoms with E-state index in [1.54, 1.807) is 6.33 Å². The lowest BCUT2D eigenvalue weighted by atomic mass is 9.95. The fourth-order valence-electron chi connectivity index (χ4n) is 5.82. The fraction of sp³-hybridized carbons (Fsp3) is 0.536. The van der Waals surface area contributed by atoms with Gasteiger partial charge in [-0.1, -0.05) is 13.8 Å². The Hall–Kier alpha value is -2.98. The van der Waals surface area contributed by atoms with Crippen LogP contribution >= 0.6 is 0 Å². The van der Waals surface area contributed by atoms with Gasteiger partial charge in [-0.25, -0.2) is 22.9 Å². The normalized spacial score (nSPS) is 19.3. The summed E-state index contributed by atoms with van der Waals surface area (Å²) in [6.45, 7) is 15.7. The van der Waals surface area contributed by atoms with Crippen LogP contribution in [0, 0.1) is 13.8 Å². The van der Waals surface area contributed by atoms with Crippen LogP contribution in [-0.4, -0.2) is 81.6 Å². The van der Waals surface area contributed by atoms with E-state index in [0.717, 1.165) is 59.0 Å². The first-order valence-corrected chi connectivity index (χ1v) is 15.5. The lowest BCUT2D eigenvalue weighted by molar-refractivity contribution is 0.166. The molecule has 1 aliphatic rings. The highest BCUT2D eigenvalue weighted by molar-refractivity contribution is 7.90. The average Bonchev–Trinajstić information content (AvgIpc) is 3.46. The molecule has 9 nitrogen and oxygen atoms in total. The topological polar surface area (TPSA) is 99.5 Å². The molecule has 0 saturated carbocycles. The van der Waals surface area contributed by atoms with Crippen molar-refractivity contribution in [3.05, 3.63) is 41.3 Å². The molecule has 0 bridgehead atoms. The van der Waals surface area contributed by atoms with Gasteiger partial charge in [-0.2, -0.15) is 5.10 Å². The zero-order valence-corrected chi connectivity index (χ0v) is 24.3. The third-order valence-corrected chi connectivity index (χ3v) is 9.04. The summed E-state index contributed by atoms with van der Waals surface area (Å²) < 4.78 is 25.0. The van der Waals surface area contributed by atoms with E-state index in [1.165, 1.54) is 17.4 Å². The minimum Gasteiger partial charge on any atom is -0.353 e. The molecular weight excluding hydrogens is 498 g/mol. The summed E-state index contributed by atoms with van der Waals surface area (Å²) >= 11 is 0. The maximum absolute atomic E-state index is 11.6. The molecule has 38 heavy (non-hydrogen) atoms. The Kier molecular flexibility index (Phi) is 6.98. The molecule has 1 N–H and O–H groups in total. The van der Waals surface area contributed by atoms with Gasteiger partial charge >= 0.3 is 0 Å². The van der Waals surface area contributed by atoms with Gasteiger partial charge in [-0.3, -0.25) is 4.90 Å². The number of hydrogen-bond donors (Lipinski definition) is 1. The summed E-state index contributed by atoms with van der Waals surface area (Å²) in [7, 11) is -2.93. The van der Waals surface area contributed by atoms with Gasteiger partial charge in [0.15, 0.2) is 5.65 Å². The van der Waals surface area contributed by atoms with E-state index in [-0.39, 0.29) is 17.7 Å². The molecule has 10 heteroatoms. The van der Waals surface area contributed by atoms with Gasteiger partial charge in [-0.15, -0.1) is 0 Å². The van der Waals surface area contributed by atoms with E-state index in [2.05, 4.69) is 84.7 Å². The first-order chi connectivity index (χ1) is 17.9. The number of fused-ring (bicyclic) bond motifs is 2. The van der Waals surface area contributed by atoms with Crippen molar-refractivity contribution in [2.24, 2.45) is 0 Å². The minimum absolute atomic E-state index is 0.239. The van der Waals surface area contributed by atoms with E-state index in [0.29, 0.717) is 12.5 Å². The number of sulfone groups is 1. The van der Waals surface area contributed by atoms with Crippen LogP contribution in [0.3, 0.4) is 0 Å². The number of aromatic nitrogens is 5.